The van der Waals surface area contributed by atoms with E-state index in [2.05, 4.69) is 17.0 Å². The zero-order chi connectivity index (χ0) is 12.4. The van der Waals surface area contributed by atoms with Crippen LogP contribution in [0.4, 0.5) is 0 Å². The van der Waals surface area contributed by atoms with E-state index in [1.54, 1.807) is 0 Å². The van der Waals surface area contributed by atoms with Gasteiger partial charge in [-0.2, -0.15) is 5.10 Å². The van der Waals surface area contributed by atoms with Crippen LogP contribution in [0.2, 0.25) is 0 Å². The molecule has 0 saturated heterocycles. The molecule has 2 rings (SSSR count). The average molecular weight is 237 g/mol. The zero-order valence-corrected chi connectivity index (χ0v) is 10.3. The maximum absolute atomic E-state index is 11.3. The lowest BCUT2D eigenvalue weighted by molar-refractivity contribution is -0.142. The molecule has 0 amide bonds. The smallest absolute Gasteiger partial charge is 0.307 e. The maximum atomic E-state index is 11.3. The molecule has 94 valence electrons. The number of aromatic nitrogens is 3. The van der Waals surface area contributed by atoms with Crippen LogP contribution in [0.25, 0.3) is 0 Å². The van der Waals surface area contributed by atoms with Gasteiger partial charge in [0.2, 0.25) is 0 Å². The molecule has 0 spiro atoms. The lowest BCUT2D eigenvalue weighted by Gasteiger charge is -2.15. The van der Waals surface area contributed by atoms with Gasteiger partial charge >= 0.3 is 5.97 Å². The van der Waals surface area contributed by atoms with Crippen LogP contribution in [-0.4, -0.2) is 25.8 Å². The van der Waals surface area contributed by atoms with Crippen LogP contribution >= 0.6 is 0 Å². The Hall–Kier alpha value is -1.39. The van der Waals surface area contributed by atoms with Crippen molar-refractivity contribution in [2.24, 2.45) is 11.8 Å². The molecule has 1 heterocycles. The fourth-order valence-corrected chi connectivity index (χ4v) is 2.84. The lowest BCUT2D eigenvalue weighted by atomic mass is 9.95. The summed E-state index contributed by atoms with van der Waals surface area (Å²) in [5.41, 5.74) is 0. The maximum Gasteiger partial charge on any atom is 0.307 e. The predicted molar refractivity (Wildman–Crippen MR) is 62.6 cm³/mol. The van der Waals surface area contributed by atoms with Gasteiger partial charge in [0.15, 0.2) is 0 Å². The molecule has 1 aromatic heterocycles. The minimum atomic E-state index is -0.698. The van der Waals surface area contributed by atoms with E-state index in [1.165, 1.54) is 6.33 Å². The molecule has 5 heteroatoms. The second-order valence-corrected chi connectivity index (χ2v) is 4.73. The molecule has 5 nitrogen and oxygen atoms in total. The third-order valence-corrected chi connectivity index (χ3v) is 3.83. The summed E-state index contributed by atoms with van der Waals surface area (Å²) in [7, 11) is 0. The van der Waals surface area contributed by atoms with Gasteiger partial charge in [0.05, 0.1) is 5.92 Å². The number of carbonyl (C=O) groups is 1. The summed E-state index contributed by atoms with van der Waals surface area (Å²) < 4.78 is 1.82. The number of aliphatic carboxylic acids is 1. The van der Waals surface area contributed by atoms with Gasteiger partial charge in [-0.1, -0.05) is 13.3 Å². The molecule has 3 atom stereocenters. The Bertz CT molecular complexity index is 402. The van der Waals surface area contributed by atoms with E-state index in [9.17, 15) is 9.90 Å². The fourth-order valence-electron chi connectivity index (χ4n) is 2.84. The molecule has 3 unspecified atom stereocenters. The van der Waals surface area contributed by atoms with E-state index in [-0.39, 0.29) is 11.8 Å². The third-order valence-electron chi connectivity index (χ3n) is 3.83. The molecular weight excluding hydrogens is 218 g/mol. The number of nitrogens with zero attached hydrogens (tertiary/aromatic N) is 3. The normalized spacial score (nSPS) is 28.5. The Morgan fingerprint density at radius 3 is 2.88 bits per heavy atom. The summed E-state index contributed by atoms with van der Waals surface area (Å²) >= 11 is 0. The van der Waals surface area contributed by atoms with Crippen LogP contribution < -0.4 is 0 Å². The van der Waals surface area contributed by atoms with E-state index in [1.807, 2.05) is 11.6 Å². The zero-order valence-electron chi connectivity index (χ0n) is 10.3. The first-order chi connectivity index (χ1) is 8.17. The second kappa shape index (κ2) is 4.85. The molecule has 1 aliphatic carbocycles. The lowest BCUT2D eigenvalue weighted by Crippen LogP contribution is -2.20. The SMILES string of the molecule is CCC1CC(C(=O)O)C(c2ncnn2CC)C1. The summed E-state index contributed by atoms with van der Waals surface area (Å²) in [6, 6.07) is 0. The van der Waals surface area contributed by atoms with Gasteiger partial charge in [-0.25, -0.2) is 4.98 Å². The first kappa shape index (κ1) is 12.1. The first-order valence-corrected chi connectivity index (χ1v) is 6.27. The Kier molecular flexibility index (Phi) is 3.45. The first-order valence-electron chi connectivity index (χ1n) is 6.27. The molecule has 1 aromatic rings. The average Bonchev–Trinajstić information content (AvgIpc) is 2.94. The molecule has 1 fully saturated rings. The van der Waals surface area contributed by atoms with Gasteiger partial charge in [-0.3, -0.25) is 9.48 Å². The standard InChI is InChI=1S/C12H19N3O2/c1-3-8-5-9(10(6-8)12(16)17)11-13-7-14-15(11)4-2/h7-10H,3-6H2,1-2H3,(H,16,17). The highest BCUT2D eigenvalue weighted by molar-refractivity contribution is 5.71. The van der Waals surface area contributed by atoms with Crippen LogP contribution in [-0.2, 0) is 11.3 Å². The van der Waals surface area contributed by atoms with Gasteiger partial charge in [0.1, 0.15) is 12.2 Å². The predicted octanol–water partition coefficient (Wildman–Crippen LogP) is 1.90. The monoisotopic (exact) mass is 237 g/mol. The number of carboxylic acid groups (broad SMARTS) is 1. The van der Waals surface area contributed by atoms with Crippen molar-refractivity contribution in [2.45, 2.75) is 45.6 Å². The minimum Gasteiger partial charge on any atom is -0.481 e. The number of hydrogen-bond donors (Lipinski definition) is 1. The topological polar surface area (TPSA) is 68.0 Å². The number of aryl methyl sites for hydroxylation is 1. The quantitative estimate of drug-likeness (QED) is 0.868. The van der Waals surface area contributed by atoms with Gasteiger partial charge in [-0.15, -0.1) is 0 Å². The van der Waals surface area contributed by atoms with Crippen LogP contribution in [0.1, 0.15) is 44.9 Å². The summed E-state index contributed by atoms with van der Waals surface area (Å²) in [5.74, 6) is 0.380. The van der Waals surface area contributed by atoms with Crippen LogP contribution in [0.5, 0.6) is 0 Å². The Balaban J connectivity index is 2.26. The Morgan fingerprint density at radius 1 is 1.53 bits per heavy atom. The summed E-state index contributed by atoms with van der Waals surface area (Å²) in [6.07, 6.45) is 4.26. The van der Waals surface area contributed by atoms with Crippen LogP contribution in [0, 0.1) is 11.8 Å². The molecule has 1 N–H and O–H groups in total. The van der Waals surface area contributed by atoms with E-state index in [4.69, 9.17) is 0 Å². The van der Waals surface area contributed by atoms with Crippen molar-refractivity contribution in [2.75, 3.05) is 0 Å². The Labute approximate surface area is 101 Å². The minimum absolute atomic E-state index is 0.0277. The van der Waals surface area contributed by atoms with Crippen LogP contribution in [0.15, 0.2) is 6.33 Å². The summed E-state index contributed by atoms with van der Waals surface area (Å²) in [6.45, 7) is 4.87. The molecule has 0 bridgehead atoms. The van der Waals surface area contributed by atoms with E-state index >= 15 is 0 Å². The van der Waals surface area contributed by atoms with Crippen molar-refractivity contribution in [1.82, 2.24) is 14.8 Å². The Morgan fingerprint density at radius 2 is 2.29 bits per heavy atom. The third kappa shape index (κ3) is 2.18. The van der Waals surface area contributed by atoms with Crippen molar-refractivity contribution < 1.29 is 9.90 Å². The molecule has 1 saturated carbocycles. The van der Waals surface area contributed by atoms with Gasteiger partial charge in [-0.05, 0) is 25.7 Å². The van der Waals surface area contributed by atoms with Crippen LogP contribution in [0.3, 0.4) is 0 Å². The van der Waals surface area contributed by atoms with Crippen molar-refractivity contribution in [3.8, 4) is 0 Å². The summed E-state index contributed by atoms with van der Waals surface area (Å²) in [5, 5.41) is 13.4. The van der Waals surface area contributed by atoms with Gasteiger partial charge < -0.3 is 5.11 Å². The van der Waals surface area contributed by atoms with Crippen molar-refractivity contribution in [3.63, 3.8) is 0 Å². The summed E-state index contributed by atoms with van der Waals surface area (Å²) in [4.78, 5) is 15.6. The van der Waals surface area contributed by atoms with E-state index < -0.39 is 5.97 Å². The molecule has 1 aliphatic rings. The fraction of sp³-hybridized carbons (Fsp3) is 0.750. The highest BCUT2D eigenvalue weighted by atomic mass is 16.4. The van der Waals surface area contributed by atoms with Crippen molar-refractivity contribution >= 4 is 5.97 Å². The van der Waals surface area contributed by atoms with Gasteiger partial charge in [0, 0.05) is 12.5 Å². The molecule has 0 aromatic carbocycles. The largest absolute Gasteiger partial charge is 0.481 e. The number of carboxylic acids is 1. The molecule has 0 aliphatic heterocycles. The van der Waals surface area contributed by atoms with Gasteiger partial charge in [0.25, 0.3) is 0 Å². The molecule has 17 heavy (non-hydrogen) atoms. The van der Waals surface area contributed by atoms with E-state index in [0.29, 0.717) is 5.92 Å². The molecular formula is C12H19N3O2. The number of rotatable bonds is 4. The second-order valence-electron chi connectivity index (χ2n) is 4.73. The van der Waals surface area contributed by atoms with E-state index in [0.717, 1.165) is 31.6 Å². The molecule has 0 radical (unpaired) electrons. The highest BCUT2D eigenvalue weighted by Gasteiger charge is 2.41. The highest BCUT2D eigenvalue weighted by Crippen LogP contribution is 2.43. The number of hydrogen-bond acceptors (Lipinski definition) is 3. The van der Waals surface area contributed by atoms with Crippen molar-refractivity contribution in [3.05, 3.63) is 12.2 Å². The van der Waals surface area contributed by atoms with Crippen molar-refractivity contribution in [1.29, 1.82) is 0 Å².